The number of nitrogens with zero attached hydrogens (tertiary/aromatic N) is 1. The van der Waals surface area contributed by atoms with E-state index in [0.29, 0.717) is 16.3 Å². The molecule has 0 aliphatic carbocycles. The highest BCUT2D eigenvalue weighted by atomic mass is 35.5. The summed E-state index contributed by atoms with van der Waals surface area (Å²) < 4.78 is 18.9. The minimum absolute atomic E-state index is 0.222. The topological polar surface area (TPSA) is 33.0 Å². The van der Waals surface area contributed by atoms with Crippen molar-refractivity contribution in [2.75, 3.05) is 0 Å². The highest BCUT2D eigenvalue weighted by Gasteiger charge is 2.06. The molecule has 0 fully saturated rings. The van der Waals surface area contributed by atoms with Crippen molar-refractivity contribution >= 4 is 23.3 Å². The molecule has 0 spiro atoms. The van der Waals surface area contributed by atoms with Crippen molar-refractivity contribution < 1.29 is 9.13 Å². The molecule has 0 aliphatic rings. The lowest BCUT2D eigenvalue weighted by molar-refractivity contribution is 0.306. The number of ether oxygens (including phenoxy) is 1. The van der Waals surface area contributed by atoms with Gasteiger partial charge in [-0.25, -0.2) is 4.39 Å². The molecule has 0 N–H and O–H groups in total. The van der Waals surface area contributed by atoms with Crippen molar-refractivity contribution in [2.24, 2.45) is 0 Å². The van der Waals surface area contributed by atoms with E-state index in [0.717, 1.165) is 22.3 Å². The molecule has 0 radical (unpaired) electrons. The molecule has 0 amide bonds. The van der Waals surface area contributed by atoms with E-state index in [1.807, 2.05) is 37.3 Å². The lowest BCUT2D eigenvalue weighted by Crippen LogP contribution is -1.96. The van der Waals surface area contributed by atoms with E-state index in [4.69, 9.17) is 16.3 Å². The first-order chi connectivity index (χ1) is 13.0. The molecule has 3 aromatic carbocycles. The Morgan fingerprint density at radius 3 is 2.56 bits per heavy atom. The fourth-order valence-corrected chi connectivity index (χ4v) is 2.84. The third-order valence-electron chi connectivity index (χ3n) is 4.03. The standard InChI is InChI=1S/C23H17ClFNO/c1-16-5-8-19(9-6-16)20(14-26)11-17-7-10-23(22(24)13-17)27-15-18-3-2-4-21(25)12-18/h2-13H,15H2,1H3/b20-11+. The van der Waals surface area contributed by atoms with Gasteiger partial charge in [0.05, 0.1) is 16.7 Å². The van der Waals surface area contributed by atoms with Crippen molar-refractivity contribution in [3.8, 4) is 11.8 Å². The summed E-state index contributed by atoms with van der Waals surface area (Å²) in [6, 6.07) is 21.6. The van der Waals surface area contributed by atoms with E-state index in [-0.39, 0.29) is 12.4 Å². The van der Waals surface area contributed by atoms with E-state index in [1.54, 1.807) is 30.3 Å². The molecule has 134 valence electrons. The van der Waals surface area contributed by atoms with Crippen molar-refractivity contribution in [1.29, 1.82) is 5.26 Å². The number of nitriles is 1. The van der Waals surface area contributed by atoms with E-state index >= 15 is 0 Å². The Morgan fingerprint density at radius 1 is 1.11 bits per heavy atom. The van der Waals surface area contributed by atoms with Crippen LogP contribution < -0.4 is 4.74 Å². The Morgan fingerprint density at radius 2 is 1.89 bits per heavy atom. The SMILES string of the molecule is Cc1ccc(/C(C#N)=C/c2ccc(OCc3cccc(F)c3)c(Cl)c2)cc1. The van der Waals surface area contributed by atoms with Crippen molar-refractivity contribution in [3.63, 3.8) is 0 Å². The second-order valence-electron chi connectivity index (χ2n) is 6.14. The number of allylic oxidation sites excluding steroid dienone is 1. The van der Waals surface area contributed by atoms with Crippen LogP contribution in [0.5, 0.6) is 5.75 Å². The fourth-order valence-electron chi connectivity index (χ4n) is 2.59. The van der Waals surface area contributed by atoms with Crippen molar-refractivity contribution in [3.05, 3.63) is 99.8 Å². The van der Waals surface area contributed by atoms with Gasteiger partial charge in [0, 0.05) is 0 Å². The van der Waals surface area contributed by atoms with Gasteiger partial charge in [-0.3, -0.25) is 0 Å². The molecule has 3 aromatic rings. The molecule has 2 nitrogen and oxygen atoms in total. The zero-order valence-electron chi connectivity index (χ0n) is 14.7. The molecule has 0 atom stereocenters. The predicted octanol–water partition coefficient (Wildman–Crippen LogP) is 6.43. The summed E-state index contributed by atoms with van der Waals surface area (Å²) in [5.41, 5.74) is 4.07. The summed E-state index contributed by atoms with van der Waals surface area (Å²) in [6.45, 7) is 2.22. The van der Waals surface area contributed by atoms with E-state index < -0.39 is 0 Å². The van der Waals surface area contributed by atoms with E-state index in [9.17, 15) is 9.65 Å². The van der Waals surface area contributed by atoms with Gasteiger partial charge < -0.3 is 4.74 Å². The minimum Gasteiger partial charge on any atom is -0.487 e. The van der Waals surface area contributed by atoms with Crippen LogP contribution in [0.15, 0.2) is 66.7 Å². The summed E-state index contributed by atoms with van der Waals surface area (Å²) in [4.78, 5) is 0. The average molecular weight is 378 g/mol. The van der Waals surface area contributed by atoms with Gasteiger partial charge >= 0.3 is 0 Å². The largest absolute Gasteiger partial charge is 0.487 e. The Balaban J connectivity index is 1.77. The number of benzene rings is 3. The van der Waals surface area contributed by atoms with E-state index in [2.05, 4.69) is 6.07 Å². The zero-order valence-corrected chi connectivity index (χ0v) is 15.5. The van der Waals surface area contributed by atoms with Gasteiger partial charge in [-0.2, -0.15) is 5.26 Å². The Kier molecular flexibility index (Phi) is 5.90. The van der Waals surface area contributed by atoms with Crippen LogP contribution in [0, 0.1) is 24.1 Å². The molecule has 3 rings (SSSR count). The first-order valence-electron chi connectivity index (χ1n) is 8.41. The molecular formula is C23H17ClFNO. The first-order valence-corrected chi connectivity index (χ1v) is 8.78. The quantitative estimate of drug-likeness (QED) is 0.379. The van der Waals surface area contributed by atoms with Gasteiger partial charge in [-0.15, -0.1) is 0 Å². The Hall–Kier alpha value is -3.09. The minimum atomic E-state index is -0.303. The van der Waals surface area contributed by atoms with Crippen LogP contribution in [-0.4, -0.2) is 0 Å². The van der Waals surface area contributed by atoms with Crippen LogP contribution in [0.3, 0.4) is 0 Å². The molecule has 0 aromatic heterocycles. The molecule has 0 heterocycles. The molecule has 0 aliphatic heterocycles. The normalized spacial score (nSPS) is 11.1. The number of rotatable bonds is 5. The average Bonchev–Trinajstić information content (AvgIpc) is 2.66. The van der Waals surface area contributed by atoms with Gasteiger partial charge in [0.2, 0.25) is 0 Å². The maximum atomic E-state index is 13.2. The highest BCUT2D eigenvalue weighted by molar-refractivity contribution is 6.32. The summed E-state index contributed by atoms with van der Waals surface area (Å²) in [5.74, 6) is 0.203. The van der Waals surface area contributed by atoms with Crippen LogP contribution in [0.25, 0.3) is 11.6 Å². The maximum Gasteiger partial charge on any atom is 0.138 e. The summed E-state index contributed by atoms with van der Waals surface area (Å²) in [5, 5.41) is 9.89. The molecule has 4 heteroatoms. The smallest absolute Gasteiger partial charge is 0.138 e. The predicted molar refractivity (Wildman–Crippen MR) is 107 cm³/mol. The maximum absolute atomic E-state index is 13.2. The summed E-state index contributed by atoms with van der Waals surface area (Å²) >= 11 is 6.31. The van der Waals surface area contributed by atoms with Gasteiger partial charge in [0.15, 0.2) is 0 Å². The van der Waals surface area contributed by atoms with Gasteiger partial charge in [-0.05, 0) is 54.0 Å². The summed E-state index contributed by atoms with van der Waals surface area (Å²) in [6.07, 6.45) is 1.78. The molecule has 0 saturated carbocycles. The van der Waals surface area contributed by atoms with Crippen molar-refractivity contribution in [1.82, 2.24) is 0 Å². The van der Waals surface area contributed by atoms with E-state index in [1.165, 1.54) is 12.1 Å². The second-order valence-corrected chi connectivity index (χ2v) is 6.55. The molecule has 0 unspecified atom stereocenters. The lowest BCUT2D eigenvalue weighted by atomic mass is 10.0. The molecule has 0 saturated heterocycles. The van der Waals surface area contributed by atoms with Crippen molar-refractivity contribution in [2.45, 2.75) is 13.5 Å². The number of hydrogen-bond acceptors (Lipinski definition) is 2. The summed E-state index contributed by atoms with van der Waals surface area (Å²) in [7, 11) is 0. The molecule has 27 heavy (non-hydrogen) atoms. The molecular weight excluding hydrogens is 361 g/mol. The van der Waals surface area contributed by atoms with Gasteiger partial charge in [-0.1, -0.05) is 59.6 Å². The zero-order chi connectivity index (χ0) is 19.2. The lowest BCUT2D eigenvalue weighted by Gasteiger charge is -2.09. The fraction of sp³-hybridized carbons (Fsp3) is 0.0870. The van der Waals surface area contributed by atoms with Crippen LogP contribution >= 0.6 is 11.6 Å². The first kappa shape index (κ1) is 18.7. The second kappa shape index (κ2) is 8.53. The van der Waals surface area contributed by atoms with Gasteiger partial charge in [0.25, 0.3) is 0 Å². The number of aryl methyl sites for hydroxylation is 1. The third kappa shape index (κ3) is 4.97. The molecule has 0 bridgehead atoms. The monoisotopic (exact) mass is 377 g/mol. The Labute approximate surface area is 163 Å². The van der Waals surface area contributed by atoms with Crippen LogP contribution in [0.1, 0.15) is 22.3 Å². The van der Waals surface area contributed by atoms with Crippen LogP contribution in [0.4, 0.5) is 4.39 Å². The highest BCUT2D eigenvalue weighted by Crippen LogP contribution is 2.28. The van der Waals surface area contributed by atoms with Crippen LogP contribution in [-0.2, 0) is 6.61 Å². The van der Waals surface area contributed by atoms with Crippen LogP contribution in [0.2, 0.25) is 5.02 Å². The Bertz CT molecular complexity index is 1020. The number of hydrogen-bond donors (Lipinski definition) is 0. The number of halogens is 2. The van der Waals surface area contributed by atoms with Gasteiger partial charge in [0.1, 0.15) is 18.2 Å². The third-order valence-corrected chi connectivity index (χ3v) is 4.33.